The molecule has 0 spiro atoms. The SMILES string of the molecule is CN(Cc1ccco1)C(=O)c1ccccc1N1CCC(NC(=O)C2CC2)CC1. The van der Waals surface area contributed by atoms with Crippen molar-refractivity contribution in [2.24, 2.45) is 5.92 Å². The molecular formula is C22H27N3O3. The molecule has 4 rings (SSSR count). The van der Waals surface area contributed by atoms with Crippen LogP contribution >= 0.6 is 0 Å². The highest BCUT2D eigenvalue weighted by atomic mass is 16.3. The van der Waals surface area contributed by atoms with Gasteiger partial charge >= 0.3 is 0 Å². The van der Waals surface area contributed by atoms with E-state index in [-0.39, 0.29) is 23.8 Å². The molecular weight excluding hydrogens is 354 g/mol. The van der Waals surface area contributed by atoms with Crippen molar-refractivity contribution in [2.45, 2.75) is 38.3 Å². The Morgan fingerprint density at radius 3 is 2.54 bits per heavy atom. The van der Waals surface area contributed by atoms with E-state index in [0.29, 0.717) is 12.1 Å². The molecule has 1 aromatic carbocycles. The zero-order valence-corrected chi connectivity index (χ0v) is 16.3. The van der Waals surface area contributed by atoms with E-state index in [1.54, 1.807) is 18.2 Å². The van der Waals surface area contributed by atoms with Crippen LogP contribution in [-0.4, -0.2) is 42.9 Å². The first-order valence-corrected chi connectivity index (χ1v) is 10.0. The van der Waals surface area contributed by atoms with E-state index >= 15 is 0 Å². The second-order valence-corrected chi connectivity index (χ2v) is 7.80. The second kappa shape index (κ2) is 8.09. The summed E-state index contributed by atoms with van der Waals surface area (Å²) in [5.41, 5.74) is 1.67. The minimum absolute atomic E-state index is 0.0174. The lowest BCUT2D eigenvalue weighted by Gasteiger charge is -2.35. The number of carbonyl (C=O) groups excluding carboxylic acids is 2. The highest BCUT2D eigenvalue weighted by Gasteiger charge is 2.32. The highest BCUT2D eigenvalue weighted by Crippen LogP contribution is 2.30. The van der Waals surface area contributed by atoms with Crippen LogP contribution in [0.15, 0.2) is 47.1 Å². The van der Waals surface area contributed by atoms with Crippen molar-refractivity contribution in [2.75, 3.05) is 25.0 Å². The minimum Gasteiger partial charge on any atom is -0.467 e. The lowest BCUT2D eigenvalue weighted by molar-refractivity contribution is -0.123. The van der Waals surface area contributed by atoms with E-state index in [1.807, 2.05) is 36.4 Å². The summed E-state index contributed by atoms with van der Waals surface area (Å²) in [7, 11) is 1.79. The quantitative estimate of drug-likeness (QED) is 0.835. The average Bonchev–Trinajstić information content (AvgIpc) is 3.46. The molecule has 1 saturated carbocycles. The molecule has 0 radical (unpaired) electrons. The van der Waals surface area contributed by atoms with Crippen molar-refractivity contribution in [3.8, 4) is 0 Å². The van der Waals surface area contributed by atoms with Crippen LogP contribution in [0.2, 0.25) is 0 Å². The number of nitrogens with one attached hydrogen (secondary N) is 1. The molecule has 6 nitrogen and oxygen atoms in total. The fourth-order valence-electron chi connectivity index (χ4n) is 3.77. The maximum absolute atomic E-state index is 13.0. The number of carbonyl (C=O) groups is 2. The average molecular weight is 381 g/mol. The Bertz CT molecular complexity index is 821. The molecule has 28 heavy (non-hydrogen) atoms. The third-order valence-electron chi connectivity index (χ3n) is 5.58. The number of furan rings is 1. The molecule has 2 heterocycles. The van der Waals surface area contributed by atoms with Crippen molar-refractivity contribution in [1.29, 1.82) is 0 Å². The number of rotatable bonds is 6. The summed E-state index contributed by atoms with van der Waals surface area (Å²) in [6, 6.07) is 11.7. The zero-order valence-electron chi connectivity index (χ0n) is 16.3. The molecule has 1 saturated heterocycles. The van der Waals surface area contributed by atoms with E-state index in [9.17, 15) is 9.59 Å². The molecule has 2 fully saturated rings. The van der Waals surface area contributed by atoms with Crippen LogP contribution in [0.4, 0.5) is 5.69 Å². The van der Waals surface area contributed by atoms with Gasteiger partial charge in [0.25, 0.3) is 5.91 Å². The van der Waals surface area contributed by atoms with Gasteiger partial charge in [-0.1, -0.05) is 12.1 Å². The molecule has 6 heteroatoms. The summed E-state index contributed by atoms with van der Waals surface area (Å²) in [5.74, 6) is 1.21. The Balaban J connectivity index is 1.40. The molecule has 1 aromatic heterocycles. The first kappa shape index (κ1) is 18.6. The number of anilines is 1. The number of hydrogen-bond acceptors (Lipinski definition) is 4. The monoisotopic (exact) mass is 381 g/mol. The summed E-state index contributed by atoms with van der Waals surface area (Å²) >= 11 is 0. The normalized spacial score (nSPS) is 17.4. The molecule has 2 aromatic rings. The molecule has 148 valence electrons. The predicted octanol–water partition coefficient (Wildman–Crippen LogP) is 3.05. The van der Waals surface area contributed by atoms with Crippen LogP contribution in [0, 0.1) is 5.92 Å². The number of piperidine rings is 1. The van der Waals surface area contributed by atoms with Crippen LogP contribution in [0.25, 0.3) is 0 Å². The molecule has 1 N–H and O–H groups in total. The van der Waals surface area contributed by atoms with Crippen molar-refractivity contribution in [1.82, 2.24) is 10.2 Å². The fourth-order valence-corrected chi connectivity index (χ4v) is 3.77. The van der Waals surface area contributed by atoms with Gasteiger partial charge in [-0.05, 0) is 49.9 Å². The van der Waals surface area contributed by atoms with Gasteiger partial charge in [0, 0.05) is 37.8 Å². The maximum Gasteiger partial charge on any atom is 0.256 e. The third kappa shape index (κ3) is 4.21. The molecule has 2 aliphatic rings. The van der Waals surface area contributed by atoms with Crippen LogP contribution in [-0.2, 0) is 11.3 Å². The summed E-state index contributed by atoms with van der Waals surface area (Å²) in [5, 5.41) is 3.18. The van der Waals surface area contributed by atoms with Gasteiger partial charge in [-0.2, -0.15) is 0 Å². The zero-order chi connectivity index (χ0) is 19.5. The number of amides is 2. The van der Waals surface area contributed by atoms with Gasteiger partial charge in [0.2, 0.25) is 5.91 Å². The standard InChI is InChI=1S/C22H27N3O3/c1-24(15-18-5-4-14-28-18)22(27)19-6-2-3-7-20(19)25-12-10-17(11-13-25)23-21(26)16-8-9-16/h2-7,14,16-17H,8-13,15H2,1H3,(H,23,26). The lowest BCUT2D eigenvalue weighted by atomic mass is 10.0. The molecule has 0 unspecified atom stereocenters. The van der Waals surface area contributed by atoms with Crippen LogP contribution in [0.3, 0.4) is 0 Å². The number of benzene rings is 1. The molecule has 2 amide bonds. The van der Waals surface area contributed by atoms with E-state index < -0.39 is 0 Å². The molecule has 0 atom stereocenters. The van der Waals surface area contributed by atoms with Gasteiger partial charge < -0.3 is 19.5 Å². The summed E-state index contributed by atoms with van der Waals surface area (Å²) in [6.45, 7) is 2.11. The van der Waals surface area contributed by atoms with Gasteiger partial charge in [-0.25, -0.2) is 0 Å². The topological polar surface area (TPSA) is 65.8 Å². The molecule has 0 bridgehead atoms. The van der Waals surface area contributed by atoms with Crippen LogP contribution < -0.4 is 10.2 Å². The smallest absolute Gasteiger partial charge is 0.256 e. The Morgan fingerprint density at radius 1 is 1.11 bits per heavy atom. The van der Waals surface area contributed by atoms with Crippen molar-refractivity contribution in [3.63, 3.8) is 0 Å². The number of para-hydroxylation sites is 1. The van der Waals surface area contributed by atoms with E-state index in [2.05, 4.69) is 10.2 Å². The van der Waals surface area contributed by atoms with Gasteiger partial charge in [-0.15, -0.1) is 0 Å². The van der Waals surface area contributed by atoms with Gasteiger partial charge in [-0.3, -0.25) is 9.59 Å². The minimum atomic E-state index is -0.0174. The molecule has 1 aliphatic heterocycles. The summed E-state index contributed by atoms with van der Waals surface area (Å²) < 4.78 is 5.36. The predicted molar refractivity (Wildman–Crippen MR) is 107 cm³/mol. The number of hydrogen-bond donors (Lipinski definition) is 1. The van der Waals surface area contributed by atoms with Crippen LogP contribution in [0.5, 0.6) is 0 Å². The van der Waals surface area contributed by atoms with Gasteiger partial charge in [0.15, 0.2) is 0 Å². The van der Waals surface area contributed by atoms with Gasteiger partial charge in [0.1, 0.15) is 5.76 Å². The Morgan fingerprint density at radius 2 is 1.86 bits per heavy atom. The Labute approximate surface area is 165 Å². The van der Waals surface area contributed by atoms with E-state index in [1.165, 1.54) is 0 Å². The van der Waals surface area contributed by atoms with Crippen LogP contribution in [0.1, 0.15) is 41.8 Å². The van der Waals surface area contributed by atoms with E-state index in [4.69, 9.17) is 4.42 Å². The highest BCUT2D eigenvalue weighted by molar-refractivity contribution is 5.99. The summed E-state index contributed by atoms with van der Waals surface area (Å²) in [4.78, 5) is 29.0. The Hall–Kier alpha value is -2.76. The van der Waals surface area contributed by atoms with Gasteiger partial charge in [0.05, 0.1) is 18.4 Å². The largest absolute Gasteiger partial charge is 0.467 e. The lowest BCUT2D eigenvalue weighted by Crippen LogP contribution is -2.45. The molecule has 1 aliphatic carbocycles. The third-order valence-corrected chi connectivity index (χ3v) is 5.58. The first-order valence-electron chi connectivity index (χ1n) is 10.0. The van der Waals surface area contributed by atoms with Crippen molar-refractivity contribution in [3.05, 3.63) is 54.0 Å². The first-order chi connectivity index (χ1) is 13.6. The van der Waals surface area contributed by atoms with E-state index in [0.717, 1.165) is 50.2 Å². The fraction of sp³-hybridized carbons (Fsp3) is 0.455. The maximum atomic E-state index is 13.0. The second-order valence-electron chi connectivity index (χ2n) is 7.80. The van der Waals surface area contributed by atoms with Crippen molar-refractivity contribution >= 4 is 17.5 Å². The van der Waals surface area contributed by atoms with Crippen molar-refractivity contribution < 1.29 is 14.0 Å². The Kier molecular flexibility index (Phi) is 5.37. The summed E-state index contributed by atoms with van der Waals surface area (Å²) in [6.07, 6.45) is 5.50. The number of nitrogens with zero attached hydrogens (tertiary/aromatic N) is 2.